The van der Waals surface area contributed by atoms with Crippen molar-refractivity contribution in [3.63, 3.8) is 0 Å². The molecule has 124 valence electrons. The molecule has 0 radical (unpaired) electrons. The predicted octanol–water partition coefficient (Wildman–Crippen LogP) is 3.02. The summed E-state index contributed by atoms with van der Waals surface area (Å²) in [4.78, 5) is 6.74. The van der Waals surface area contributed by atoms with E-state index in [9.17, 15) is 0 Å². The van der Waals surface area contributed by atoms with Crippen molar-refractivity contribution >= 4 is 0 Å². The minimum atomic E-state index is 0.162. The van der Waals surface area contributed by atoms with Crippen LogP contribution >= 0.6 is 0 Å². The fourth-order valence-electron chi connectivity index (χ4n) is 3.61. The minimum Gasteiger partial charge on any atom is -0.462 e. The van der Waals surface area contributed by atoms with Crippen LogP contribution in [0.4, 0.5) is 0 Å². The van der Waals surface area contributed by atoms with Crippen molar-refractivity contribution in [3.05, 3.63) is 35.8 Å². The van der Waals surface area contributed by atoms with Gasteiger partial charge in [0.15, 0.2) is 0 Å². The first-order valence-electron chi connectivity index (χ1n) is 8.66. The molecule has 0 amide bonds. The lowest BCUT2D eigenvalue weighted by Gasteiger charge is -2.30. The van der Waals surface area contributed by atoms with Crippen molar-refractivity contribution < 1.29 is 9.15 Å². The molecule has 2 aliphatic heterocycles. The molecule has 1 N–H and O–H groups in total. The van der Waals surface area contributed by atoms with Crippen LogP contribution in [-0.4, -0.2) is 39.8 Å². The van der Waals surface area contributed by atoms with Gasteiger partial charge >= 0.3 is 0 Å². The maximum Gasteiger partial charge on any atom is 0.137 e. The monoisotopic (exact) mass is 316 g/mol. The van der Waals surface area contributed by atoms with E-state index in [4.69, 9.17) is 9.15 Å². The number of nitrogens with zero attached hydrogens (tertiary/aromatic N) is 3. The number of hydrogen-bond acceptors (Lipinski definition) is 5. The van der Waals surface area contributed by atoms with E-state index in [1.807, 2.05) is 0 Å². The Kier molecular flexibility index (Phi) is 4.43. The van der Waals surface area contributed by atoms with Crippen LogP contribution in [0.1, 0.15) is 61.5 Å². The molecule has 2 aromatic rings. The number of piperidine rings is 1. The van der Waals surface area contributed by atoms with Gasteiger partial charge in [0, 0.05) is 12.5 Å². The van der Waals surface area contributed by atoms with Crippen LogP contribution in [0.15, 0.2) is 22.9 Å². The summed E-state index contributed by atoms with van der Waals surface area (Å²) in [6.45, 7) is 3.88. The van der Waals surface area contributed by atoms with E-state index in [2.05, 4.69) is 32.2 Å². The molecule has 6 heteroatoms. The topological polar surface area (TPSA) is 67.2 Å². The molecular formula is C17H24N4O2. The summed E-state index contributed by atoms with van der Waals surface area (Å²) in [6, 6.07) is 4.20. The molecule has 0 spiro atoms. The molecule has 0 saturated carbocycles. The number of aromatic nitrogens is 3. The van der Waals surface area contributed by atoms with Crippen molar-refractivity contribution in [2.24, 2.45) is 0 Å². The highest BCUT2D eigenvalue weighted by atomic mass is 16.5. The highest BCUT2D eigenvalue weighted by Crippen LogP contribution is 2.30. The Morgan fingerprint density at radius 2 is 2.09 bits per heavy atom. The van der Waals surface area contributed by atoms with E-state index >= 15 is 0 Å². The molecule has 2 aromatic heterocycles. The Labute approximate surface area is 136 Å². The first kappa shape index (κ1) is 14.9. The fraction of sp³-hybridized carbons (Fsp3) is 0.647. The molecule has 4 heterocycles. The van der Waals surface area contributed by atoms with Crippen LogP contribution in [0.2, 0.25) is 0 Å². The SMILES string of the molecule is c1n[nH]c(C2CCN(Cc3ccc([C@H]4CCCCO4)o3)CC2)n1. The smallest absolute Gasteiger partial charge is 0.137 e. The molecule has 6 nitrogen and oxygen atoms in total. The summed E-state index contributed by atoms with van der Waals surface area (Å²) >= 11 is 0. The summed E-state index contributed by atoms with van der Waals surface area (Å²) in [5.41, 5.74) is 0. The van der Waals surface area contributed by atoms with Crippen molar-refractivity contribution in [1.29, 1.82) is 0 Å². The molecule has 1 atom stereocenters. The van der Waals surface area contributed by atoms with Crippen molar-refractivity contribution in [1.82, 2.24) is 20.1 Å². The minimum absolute atomic E-state index is 0.162. The molecule has 2 aliphatic rings. The Morgan fingerprint density at radius 3 is 2.83 bits per heavy atom. The van der Waals surface area contributed by atoms with Gasteiger partial charge < -0.3 is 9.15 Å². The van der Waals surface area contributed by atoms with E-state index in [1.165, 1.54) is 12.8 Å². The van der Waals surface area contributed by atoms with Gasteiger partial charge in [0.05, 0.1) is 6.54 Å². The highest BCUT2D eigenvalue weighted by Gasteiger charge is 2.24. The zero-order valence-corrected chi connectivity index (χ0v) is 13.4. The molecule has 0 aromatic carbocycles. The molecule has 23 heavy (non-hydrogen) atoms. The number of H-pyrrole nitrogens is 1. The van der Waals surface area contributed by atoms with Gasteiger partial charge in [-0.15, -0.1) is 0 Å². The third kappa shape index (κ3) is 3.48. The van der Waals surface area contributed by atoms with Gasteiger partial charge in [-0.2, -0.15) is 5.10 Å². The number of aromatic amines is 1. The summed E-state index contributed by atoms with van der Waals surface area (Å²) in [6.07, 6.45) is 7.48. The first-order valence-corrected chi connectivity index (χ1v) is 8.66. The average Bonchev–Trinajstić information content (AvgIpc) is 3.28. The van der Waals surface area contributed by atoms with Crippen LogP contribution in [-0.2, 0) is 11.3 Å². The molecule has 2 saturated heterocycles. The van der Waals surface area contributed by atoms with Gasteiger partial charge in [-0.1, -0.05) is 0 Å². The predicted molar refractivity (Wildman–Crippen MR) is 84.9 cm³/mol. The summed E-state index contributed by atoms with van der Waals surface area (Å²) < 4.78 is 11.8. The summed E-state index contributed by atoms with van der Waals surface area (Å²) in [5.74, 6) is 3.58. The zero-order chi connectivity index (χ0) is 15.5. The van der Waals surface area contributed by atoms with E-state index in [-0.39, 0.29) is 6.10 Å². The van der Waals surface area contributed by atoms with Crippen LogP contribution in [0, 0.1) is 0 Å². The van der Waals surface area contributed by atoms with Gasteiger partial charge in [-0.05, 0) is 57.3 Å². The van der Waals surface area contributed by atoms with Gasteiger partial charge in [-0.25, -0.2) is 4.98 Å². The number of ether oxygens (including phenoxy) is 1. The lowest BCUT2D eigenvalue weighted by Crippen LogP contribution is -2.32. The maximum absolute atomic E-state index is 6.03. The second kappa shape index (κ2) is 6.84. The number of rotatable bonds is 4. The van der Waals surface area contributed by atoms with Gasteiger partial charge in [0.25, 0.3) is 0 Å². The van der Waals surface area contributed by atoms with Gasteiger partial charge in [0.1, 0.15) is 29.8 Å². The average molecular weight is 316 g/mol. The highest BCUT2D eigenvalue weighted by molar-refractivity contribution is 5.10. The second-order valence-electron chi connectivity index (χ2n) is 6.58. The molecular weight excluding hydrogens is 292 g/mol. The Balaban J connectivity index is 1.30. The lowest BCUT2D eigenvalue weighted by atomic mass is 9.96. The summed E-state index contributed by atoms with van der Waals surface area (Å²) in [7, 11) is 0. The first-order chi connectivity index (χ1) is 11.4. The Morgan fingerprint density at radius 1 is 1.17 bits per heavy atom. The second-order valence-corrected chi connectivity index (χ2v) is 6.58. The molecule has 4 rings (SSSR count). The third-order valence-corrected chi connectivity index (χ3v) is 4.97. The Hall–Kier alpha value is -1.66. The quantitative estimate of drug-likeness (QED) is 0.939. The number of likely N-dealkylation sites (tertiary alicyclic amines) is 1. The number of hydrogen-bond donors (Lipinski definition) is 1. The van der Waals surface area contributed by atoms with Crippen molar-refractivity contribution in [2.45, 2.75) is 50.7 Å². The van der Waals surface area contributed by atoms with E-state index < -0.39 is 0 Å². The van der Waals surface area contributed by atoms with Crippen molar-refractivity contribution in [2.75, 3.05) is 19.7 Å². The van der Waals surface area contributed by atoms with E-state index in [0.717, 1.165) is 62.8 Å². The molecule has 0 bridgehead atoms. The van der Waals surface area contributed by atoms with Crippen LogP contribution < -0.4 is 0 Å². The maximum atomic E-state index is 6.03. The summed E-state index contributed by atoms with van der Waals surface area (Å²) in [5, 5.41) is 6.95. The van der Waals surface area contributed by atoms with Gasteiger partial charge in [0.2, 0.25) is 0 Å². The lowest BCUT2D eigenvalue weighted by molar-refractivity contribution is 0.000764. The molecule has 0 unspecified atom stereocenters. The fourth-order valence-corrected chi connectivity index (χ4v) is 3.61. The van der Waals surface area contributed by atoms with Crippen molar-refractivity contribution in [3.8, 4) is 0 Å². The van der Waals surface area contributed by atoms with Crippen LogP contribution in [0.25, 0.3) is 0 Å². The largest absolute Gasteiger partial charge is 0.462 e. The standard InChI is InChI=1S/C17H24N4O2/c1-2-10-22-15(3-1)16-5-4-14(23-16)11-21-8-6-13(7-9-21)17-18-12-19-20-17/h4-5,12-13,15H,1-3,6-11H2,(H,18,19,20)/t15-/m1/s1. The third-order valence-electron chi connectivity index (χ3n) is 4.97. The molecule has 0 aliphatic carbocycles. The van der Waals surface area contributed by atoms with Crippen LogP contribution in [0.5, 0.6) is 0 Å². The normalized spacial score (nSPS) is 24.1. The van der Waals surface area contributed by atoms with E-state index in [0.29, 0.717) is 5.92 Å². The Bertz CT molecular complexity index is 596. The number of nitrogens with one attached hydrogen (secondary N) is 1. The van der Waals surface area contributed by atoms with Gasteiger partial charge in [-0.3, -0.25) is 10.00 Å². The molecule has 2 fully saturated rings. The van der Waals surface area contributed by atoms with Crippen LogP contribution in [0.3, 0.4) is 0 Å². The zero-order valence-electron chi connectivity index (χ0n) is 13.4. The van der Waals surface area contributed by atoms with E-state index in [1.54, 1.807) is 6.33 Å². The number of furan rings is 1.